The van der Waals surface area contributed by atoms with Gasteiger partial charge in [0.1, 0.15) is 18.0 Å². The van der Waals surface area contributed by atoms with E-state index in [1.807, 2.05) is 26.8 Å². The number of aryl methyl sites for hydroxylation is 2. The van der Waals surface area contributed by atoms with Crippen LogP contribution < -0.4 is 5.73 Å². The maximum atomic E-state index is 12.2. The molecule has 0 aromatic carbocycles. The molecule has 108 valence electrons. The quantitative estimate of drug-likeness (QED) is 0.901. The normalized spacial score (nSPS) is 10.8. The lowest BCUT2D eigenvalue weighted by Crippen LogP contribution is -2.30. The first-order valence-electron chi connectivity index (χ1n) is 6.34. The van der Waals surface area contributed by atoms with Crippen LogP contribution in [0.25, 0.3) is 0 Å². The van der Waals surface area contributed by atoms with E-state index in [1.54, 1.807) is 16.6 Å². The first kappa shape index (κ1) is 14.1. The predicted molar refractivity (Wildman–Crippen MR) is 73.8 cm³/mol. The van der Waals surface area contributed by atoms with Crippen LogP contribution in [-0.2, 0) is 17.9 Å². The van der Waals surface area contributed by atoms with Crippen molar-refractivity contribution in [1.82, 2.24) is 19.8 Å². The first-order valence-corrected chi connectivity index (χ1v) is 6.34. The number of rotatable bonds is 4. The van der Waals surface area contributed by atoms with Crippen LogP contribution in [0.2, 0.25) is 0 Å². The van der Waals surface area contributed by atoms with Crippen molar-refractivity contribution >= 4 is 11.6 Å². The minimum Gasteiger partial charge on any atom is -0.396 e. The highest BCUT2D eigenvalue weighted by molar-refractivity contribution is 5.75. The van der Waals surface area contributed by atoms with E-state index in [2.05, 4.69) is 10.3 Å². The highest BCUT2D eigenvalue weighted by Gasteiger charge is 2.15. The number of nitrogens with zero attached hydrogens (tertiary/aromatic N) is 4. The Labute approximate surface area is 117 Å². The molecule has 0 spiro atoms. The number of hydrogen-bond acceptors (Lipinski definition) is 5. The van der Waals surface area contributed by atoms with Crippen LogP contribution in [0.3, 0.4) is 0 Å². The van der Waals surface area contributed by atoms with E-state index in [9.17, 15) is 4.79 Å². The number of anilines is 1. The summed E-state index contributed by atoms with van der Waals surface area (Å²) in [5.41, 5.74) is 8.76. The van der Waals surface area contributed by atoms with Gasteiger partial charge in [-0.15, -0.1) is 0 Å². The van der Waals surface area contributed by atoms with Crippen molar-refractivity contribution in [2.75, 3.05) is 12.8 Å². The summed E-state index contributed by atoms with van der Waals surface area (Å²) in [5.74, 6) is 0.670. The highest BCUT2D eigenvalue weighted by atomic mass is 16.5. The molecule has 7 nitrogen and oxygen atoms in total. The van der Waals surface area contributed by atoms with E-state index in [1.165, 1.54) is 0 Å². The van der Waals surface area contributed by atoms with E-state index in [0.717, 1.165) is 22.8 Å². The lowest BCUT2D eigenvalue weighted by Gasteiger charge is -2.16. The third-order valence-corrected chi connectivity index (χ3v) is 3.22. The van der Waals surface area contributed by atoms with Crippen LogP contribution in [0.5, 0.6) is 0 Å². The second kappa shape index (κ2) is 5.36. The van der Waals surface area contributed by atoms with Crippen LogP contribution in [-0.4, -0.2) is 32.8 Å². The first-order chi connectivity index (χ1) is 9.38. The van der Waals surface area contributed by atoms with Crippen molar-refractivity contribution in [3.63, 3.8) is 0 Å². The monoisotopic (exact) mass is 277 g/mol. The summed E-state index contributed by atoms with van der Waals surface area (Å²) in [6, 6.07) is 1.81. The zero-order valence-corrected chi connectivity index (χ0v) is 12.2. The van der Waals surface area contributed by atoms with Crippen LogP contribution in [0.1, 0.15) is 22.8 Å². The fraction of sp³-hybridized carbons (Fsp3) is 0.462. The summed E-state index contributed by atoms with van der Waals surface area (Å²) in [6.45, 7) is 6.06. The fourth-order valence-corrected chi connectivity index (χ4v) is 1.94. The van der Waals surface area contributed by atoms with Crippen LogP contribution in [0.4, 0.5) is 5.69 Å². The second-order valence-electron chi connectivity index (χ2n) is 4.92. The Morgan fingerprint density at radius 3 is 2.65 bits per heavy atom. The summed E-state index contributed by atoms with van der Waals surface area (Å²) < 4.78 is 6.60. The molecule has 0 unspecified atom stereocenters. The molecule has 2 aromatic rings. The third-order valence-electron chi connectivity index (χ3n) is 3.22. The SMILES string of the molecule is Cc1cc(CN(C)C(=O)Cn2nc(C)c(N)c2C)no1. The third kappa shape index (κ3) is 2.81. The van der Waals surface area contributed by atoms with Crippen molar-refractivity contribution in [2.45, 2.75) is 33.9 Å². The molecule has 0 aliphatic carbocycles. The number of likely N-dealkylation sites (N-methyl/N-ethyl adjacent to an activating group) is 1. The Morgan fingerprint density at radius 1 is 1.45 bits per heavy atom. The van der Waals surface area contributed by atoms with Gasteiger partial charge in [-0.1, -0.05) is 5.16 Å². The molecule has 0 aliphatic heterocycles. The Morgan fingerprint density at radius 2 is 2.15 bits per heavy atom. The number of nitrogens with two attached hydrogens (primary N) is 1. The average Bonchev–Trinajstić information content (AvgIpc) is 2.89. The van der Waals surface area contributed by atoms with Crippen LogP contribution in [0, 0.1) is 20.8 Å². The largest absolute Gasteiger partial charge is 0.396 e. The number of carbonyl (C=O) groups excluding carboxylic acids is 1. The minimum absolute atomic E-state index is 0.0590. The van der Waals surface area contributed by atoms with E-state index in [4.69, 9.17) is 10.3 Å². The maximum absolute atomic E-state index is 12.2. The summed E-state index contributed by atoms with van der Waals surface area (Å²) >= 11 is 0. The van der Waals surface area contributed by atoms with Crippen molar-refractivity contribution < 1.29 is 9.32 Å². The van der Waals surface area contributed by atoms with Gasteiger partial charge in [0.25, 0.3) is 0 Å². The Hall–Kier alpha value is -2.31. The molecule has 20 heavy (non-hydrogen) atoms. The van der Waals surface area contributed by atoms with Crippen molar-refractivity contribution in [3.8, 4) is 0 Å². The van der Waals surface area contributed by atoms with Gasteiger partial charge in [-0.25, -0.2) is 0 Å². The average molecular weight is 277 g/mol. The molecule has 7 heteroatoms. The molecule has 0 saturated carbocycles. The fourth-order valence-electron chi connectivity index (χ4n) is 1.94. The second-order valence-corrected chi connectivity index (χ2v) is 4.92. The minimum atomic E-state index is -0.0590. The van der Waals surface area contributed by atoms with Crippen molar-refractivity contribution in [2.24, 2.45) is 0 Å². The molecule has 2 heterocycles. The Balaban J connectivity index is 2.02. The molecule has 2 aromatic heterocycles. The van der Waals surface area contributed by atoms with Gasteiger partial charge in [0.2, 0.25) is 5.91 Å². The standard InChI is InChI=1S/C13H19N5O2/c1-8-5-11(16-20-8)6-17(4)12(19)7-18-10(3)13(14)9(2)15-18/h5H,6-7,14H2,1-4H3. The topological polar surface area (TPSA) is 90.2 Å². The van der Waals surface area contributed by atoms with Gasteiger partial charge in [0.15, 0.2) is 0 Å². The molecule has 0 fully saturated rings. The molecule has 0 radical (unpaired) electrons. The summed E-state index contributed by atoms with van der Waals surface area (Å²) in [5, 5.41) is 8.12. The number of hydrogen-bond donors (Lipinski definition) is 1. The van der Waals surface area contributed by atoms with Crippen molar-refractivity contribution in [1.29, 1.82) is 0 Å². The molecule has 2 rings (SSSR count). The van der Waals surface area contributed by atoms with Crippen LogP contribution in [0.15, 0.2) is 10.6 Å². The van der Waals surface area contributed by atoms with Gasteiger partial charge in [0.05, 0.1) is 23.6 Å². The molecule has 2 N–H and O–H groups in total. The predicted octanol–water partition coefficient (Wildman–Crippen LogP) is 1.04. The van der Waals surface area contributed by atoms with E-state index < -0.39 is 0 Å². The number of carbonyl (C=O) groups is 1. The molecule has 0 aliphatic rings. The zero-order chi connectivity index (χ0) is 14.9. The lowest BCUT2D eigenvalue weighted by atomic mass is 10.3. The van der Waals surface area contributed by atoms with Gasteiger partial charge in [-0.3, -0.25) is 9.48 Å². The van der Waals surface area contributed by atoms with Crippen LogP contribution >= 0.6 is 0 Å². The summed E-state index contributed by atoms with van der Waals surface area (Å²) in [6.07, 6.45) is 0. The summed E-state index contributed by atoms with van der Waals surface area (Å²) in [7, 11) is 1.72. The molecule has 0 atom stereocenters. The van der Waals surface area contributed by atoms with E-state index in [0.29, 0.717) is 12.2 Å². The molecule has 1 amide bonds. The number of nitrogen functional groups attached to an aromatic ring is 1. The van der Waals surface area contributed by atoms with Gasteiger partial charge >= 0.3 is 0 Å². The highest BCUT2D eigenvalue weighted by Crippen LogP contribution is 2.15. The van der Waals surface area contributed by atoms with Gasteiger partial charge in [-0.2, -0.15) is 5.10 Å². The van der Waals surface area contributed by atoms with Gasteiger partial charge in [0, 0.05) is 13.1 Å². The molecular formula is C13H19N5O2. The number of amides is 1. The zero-order valence-electron chi connectivity index (χ0n) is 12.2. The summed E-state index contributed by atoms with van der Waals surface area (Å²) in [4.78, 5) is 13.7. The molecular weight excluding hydrogens is 258 g/mol. The van der Waals surface area contributed by atoms with E-state index >= 15 is 0 Å². The maximum Gasteiger partial charge on any atom is 0.244 e. The molecule has 0 bridgehead atoms. The van der Waals surface area contributed by atoms with Gasteiger partial charge in [-0.05, 0) is 20.8 Å². The van der Waals surface area contributed by atoms with E-state index in [-0.39, 0.29) is 12.5 Å². The van der Waals surface area contributed by atoms with Crippen molar-refractivity contribution in [3.05, 3.63) is 28.9 Å². The number of aromatic nitrogens is 3. The lowest BCUT2D eigenvalue weighted by molar-refractivity contribution is -0.131. The molecule has 0 saturated heterocycles. The Bertz CT molecular complexity index is 629. The Kier molecular flexibility index (Phi) is 3.78. The smallest absolute Gasteiger partial charge is 0.244 e. The van der Waals surface area contributed by atoms with Gasteiger partial charge < -0.3 is 15.2 Å².